The fraction of sp³-hybridized carbons (Fsp3) is 0. The molecule has 5 nitrogen and oxygen atoms in total. The van der Waals surface area contributed by atoms with Crippen molar-refractivity contribution in [3.05, 3.63) is 29.2 Å². The van der Waals surface area contributed by atoms with E-state index in [0.29, 0.717) is 0 Å². The standard InChI is InChI=1S/C10H2N5/c11-3-8(4-12)1-2-9(5-13)10(6-14)7-15/h1-2H. The summed E-state index contributed by atoms with van der Waals surface area (Å²) in [5.74, 6) is 0. The van der Waals surface area contributed by atoms with Crippen molar-refractivity contribution in [3.8, 4) is 30.3 Å². The van der Waals surface area contributed by atoms with E-state index in [4.69, 9.17) is 26.3 Å². The molecule has 0 unspecified atom stereocenters. The minimum absolute atomic E-state index is 0.178. The van der Waals surface area contributed by atoms with Gasteiger partial charge in [0, 0.05) is 6.42 Å². The first-order valence-electron chi connectivity index (χ1n) is 3.53. The maximum absolute atomic E-state index is 8.58. The highest BCUT2D eigenvalue weighted by atomic mass is 14.3. The van der Waals surface area contributed by atoms with Crippen molar-refractivity contribution in [3.63, 3.8) is 0 Å². The predicted molar refractivity (Wildman–Crippen MR) is 47.5 cm³/mol. The molecule has 5 heteroatoms. The van der Waals surface area contributed by atoms with Crippen molar-refractivity contribution < 1.29 is 0 Å². The molecule has 0 aromatic carbocycles. The predicted octanol–water partition coefficient (Wildman–Crippen LogP) is 1.03. The number of hydrogen-bond donors (Lipinski definition) is 0. The summed E-state index contributed by atoms with van der Waals surface area (Å²) < 4.78 is 0. The van der Waals surface area contributed by atoms with E-state index in [1.807, 2.05) is 0 Å². The highest BCUT2D eigenvalue weighted by Gasteiger charge is 2.04. The van der Waals surface area contributed by atoms with Crippen molar-refractivity contribution >= 4 is 0 Å². The van der Waals surface area contributed by atoms with Crippen LogP contribution in [0.1, 0.15) is 0 Å². The summed E-state index contributed by atoms with van der Waals surface area (Å²) in [5, 5.41) is 42.2. The lowest BCUT2D eigenvalue weighted by atomic mass is 10.1. The van der Waals surface area contributed by atoms with Crippen LogP contribution in [-0.4, -0.2) is 0 Å². The normalized spacial score (nSPS) is 6.60. The molecule has 0 amide bonds. The third kappa shape index (κ3) is 3.43. The summed E-state index contributed by atoms with van der Waals surface area (Å²) in [6.45, 7) is 0. The van der Waals surface area contributed by atoms with Crippen LogP contribution < -0.4 is 0 Å². The molecule has 0 rings (SSSR count). The van der Waals surface area contributed by atoms with Gasteiger partial charge >= 0.3 is 0 Å². The Kier molecular flexibility index (Phi) is 5.13. The second kappa shape index (κ2) is 6.45. The molecule has 0 saturated heterocycles. The summed E-state index contributed by atoms with van der Waals surface area (Å²) in [5.41, 5.74) is -0.745. The molecular weight excluding hydrogens is 190 g/mol. The van der Waals surface area contributed by atoms with E-state index in [2.05, 4.69) is 0 Å². The first kappa shape index (κ1) is 11.9. The minimum Gasteiger partial charge on any atom is -0.193 e. The topological polar surface area (TPSA) is 119 Å². The molecule has 0 N–H and O–H groups in total. The molecule has 0 aliphatic carbocycles. The lowest BCUT2D eigenvalue weighted by Crippen LogP contribution is -1.86. The van der Waals surface area contributed by atoms with Crippen molar-refractivity contribution in [2.45, 2.75) is 0 Å². The van der Waals surface area contributed by atoms with Crippen molar-refractivity contribution in [2.75, 3.05) is 0 Å². The molecule has 67 valence electrons. The fourth-order valence-electron chi connectivity index (χ4n) is 0.588. The Morgan fingerprint density at radius 1 is 0.733 bits per heavy atom. The zero-order valence-electron chi connectivity index (χ0n) is 7.39. The Labute approximate surface area is 86.6 Å². The van der Waals surface area contributed by atoms with Crippen molar-refractivity contribution in [2.24, 2.45) is 0 Å². The van der Waals surface area contributed by atoms with Gasteiger partial charge in [-0.05, 0) is 6.08 Å². The Balaban J connectivity index is 5.10. The van der Waals surface area contributed by atoms with E-state index in [1.165, 1.54) is 12.1 Å². The van der Waals surface area contributed by atoms with Gasteiger partial charge in [0.2, 0.25) is 0 Å². The number of allylic oxidation sites excluding steroid dienone is 4. The molecule has 0 aliphatic rings. The summed E-state index contributed by atoms with van der Waals surface area (Å²) in [7, 11) is 0. The van der Waals surface area contributed by atoms with Crippen LogP contribution in [0.3, 0.4) is 0 Å². The third-order valence-electron chi connectivity index (χ3n) is 1.27. The molecule has 0 heterocycles. The smallest absolute Gasteiger partial charge is 0.143 e. The molecule has 0 aromatic heterocycles. The number of nitriles is 5. The quantitative estimate of drug-likeness (QED) is 0.605. The van der Waals surface area contributed by atoms with E-state index in [9.17, 15) is 0 Å². The summed E-state index contributed by atoms with van der Waals surface area (Å²) >= 11 is 0. The van der Waals surface area contributed by atoms with Gasteiger partial charge in [0.15, 0.2) is 0 Å². The SMILES string of the molecule is N#CC(C#N)=C[CH]C(C#N)=C(C#N)C#N. The van der Waals surface area contributed by atoms with Gasteiger partial charge in [-0.1, -0.05) is 0 Å². The van der Waals surface area contributed by atoms with Gasteiger partial charge in [-0.3, -0.25) is 0 Å². The molecule has 15 heavy (non-hydrogen) atoms. The summed E-state index contributed by atoms with van der Waals surface area (Å²) in [6, 6.07) is 7.84. The van der Waals surface area contributed by atoms with Gasteiger partial charge in [-0.2, -0.15) is 26.3 Å². The van der Waals surface area contributed by atoms with Gasteiger partial charge in [-0.25, -0.2) is 0 Å². The Morgan fingerprint density at radius 2 is 1.27 bits per heavy atom. The Hall–Kier alpha value is -3.07. The fourth-order valence-corrected chi connectivity index (χ4v) is 0.588. The van der Waals surface area contributed by atoms with Crippen LogP contribution in [0.5, 0.6) is 0 Å². The second-order valence-electron chi connectivity index (χ2n) is 2.09. The molecule has 0 aliphatic heterocycles. The van der Waals surface area contributed by atoms with Crippen molar-refractivity contribution in [1.82, 2.24) is 0 Å². The molecule has 0 aromatic rings. The Bertz CT molecular complexity index is 485. The molecule has 0 fully saturated rings. The van der Waals surface area contributed by atoms with Gasteiger partial charge in [-0.15, -0.1) is 0 Å². The minimum atomic E-state index is -0.357. The van der Waals surface area contributed by atoms with Crippen molar-refractivity contribution in [1.29, 1.82) is 26.3 Å². The zero-order chi connectivity index (χ0) is 11.7. The lowest BCUT2D eigenvalue weighted by molar-refractivity contribution is 1.39. The van der Waals surface area contributed by atoms with Crippen LogP contribution in [0.4, 0.5) is 0 Å². The van der Waals surface area contributed by atoms with E-state index in [0.717, 1.165) is 12.5 Å². The first-order valence-corrected chi connectivity index (χ1v) is 3.53. The molecule has 1 radical (unpaired) electrons. The van der Waals surface area contributed by atoms with E-state index in [1.54, 1.807) is 18.2 Å². The molecular formula is C10H2N5. The van der Waals surface area contributed by atoms with E-state index in [-0.39, 0.29) is 16.7 Å². The summed E-state index contributed by atoms with van der Waals surface area (Å²) in [4.78, 5) is 0. The number of nitrogens with zero attached hydrogens (tertiary/aromatic N) is 5. The molecule has 0 atom stereocenters. The van der Waals surface area contributed by atoms with Crippen LogP contribution in [0, 0.1) is 63.1 Å². The molecule has 0 spiro atoms. The van der Waals surface area contributed by atoms with Crippen LogP contribution in [0.2, 0.25) is 0 Å². The molecule has 0 bridgehead atoms. The van der Waals surface area contributed by atoms with Crippen LogP contribution in [0.15, 0.2) is 22.8 Å². The lowest BCUT2D eigenvalue weighted by Gasteiger charge is -1.89. The van der Waals surface area contributed by atoms with Gasteiger partial charge in [0.25, 0.3) is 0 Å². The first-order chi connectivity index (χ1) is 7.23. The average molecular weight is 192 g/mol. The number of rotatable bonds is 2. The number of hydrogen-bond acceptors (Lipinski definition) is 5. The third-order valence-corrected chi connectivity index (χ3v) is 1.27. The van der Waals surface area contributed by atoms with E-state index >= 15 is 0 Å². The van der Waals surface area contributed by atoms with Crippen LogP contribution >= 0.6 is 0 Å². The second-order valence-corrected chi connectivity index (χ2v) is 2.09. The van der Waals surface area contributed by atoms with Crippen LogP contribution in [0.25, 0.3) is 0 Å². The highest BCUT2D eigenvalue weighted by molar-refractivity contribution is 5.53. The van der Waals surface area contributed by atoms with Gasteiger partial charge in [0.1, 0.15) is 35.4 Å². The summed E-state index contributed by atoms with van der Waals surface area (Å²) in [6.07, 6.45) is 2.16. The van der Waals surface area contributed by atoms with Gasteiger partial charge < -0.3 is 0 Å². The highest BCUT2D eigenvalue weighted by Crippen LogP contribution is 2.08. The maximum Gasteiger partial charge on any atom is 0.143 e. The monoisotopic (exact) mass is 192 g/mol. The molecule has 0 saturated carbocycles. The maximum atomic E-state index is 8.58. The van der Waals surface area contributed by atoms with Crippen LogP contribution in [-0.2, 0) is 0 Å². The van der Waals surface area contributed by atoms with E-state index < -0.39 is 0 Å². The van der Waals surface area contributed by atoms with Gasteiger partial charge in [0.05, 0.1) is 11.6 Å². The Morgan fingerprint density at radius 3 is 1.60 bits per heavy atom. The zero-order valence-corrected chi connectivity index (χ0v) is 7.39. The largest absolute Gasteiger partial charge is 0.193 e. The average Bonchev–Trinajstić information content (AvgIpc) is 2.29.